The highest BCUT2D eigenvalue weighted by atomic mass is 16.5. The Labute approximate surface area is 114 Å². The fourth-order valence-corrected chi connectivity index (χ4v) is 1.50. The third-order valence-electron chi connectivity index (χ3n) is 2.38. The number of pyridine rings is 1. The number of carbonyl (C=O) groups excluding carboxylic acids is 1. The first-order chi connectivity index (χ1) is 9.15. The van der Waals surface area contributed by atoms with Gasteiger partial charge < -0.3 is 14.8 Å². The lowest BCUT2D eigenvalue weighted by atomic mass is 10.3. The van der Waals surface area contributed by atoms with Crippen LogP contribution in [0.2, 0.25) is 0 Å². The van der Waals surface area contributed by atoms with Gasteiger partial charge in [-0.15, -0.1) is 0 Å². The quantitative estimate of drug-likeness (QED) is 0.576. The SMILES string of the molecule is CCOC(=O)c1cccnc1OCCCNC(C)C. The molecule has 0 spiro atoms. The van der Waals surface area contributed by atoms with Crippen molar-refractivity contribution in [1.82, 2.24) is 10.3 Å². The summed E-state index contributed by atoms with van der Waals surface area (Å²) < 4.78 is 10.5. The Bertz CT molecular complexity index is 394. The van der Waals surface area contributed by atoms with Crippen molar-refractivity contribution < 1.29 is 14.3 Å². The van der Waals surface area contributed by atoms with E-state index >= 15 is 0 Å². The molecule has 1 N–H and O–H groups in total. The Morgan fingerprint density at radius 2 is 2.26 bits per heavy atom. The number of aromatic nitrogens is 1. The van der Waals surface area contributed by atoms with Crippen LogP contribution in [0.5, 0.6) is 5.88 Å². The Kier molecular flexibility index (Phi) is 6.89. The standard InChI is InChI=1S/C14H22N2O3/c1-4-18-14(17)12-7-5-8-16-13(12)19-10-6-9-15-11(2)3/h5,7-8,11,15H,4,6,9-10H2,1-3H3. The van der Waals surface area contributed by atoms with Gasteiger partial charge in [0.15, 0.2) is 0 Å². The number of carbonyl (C=O) groups is 1. The first-order valence-electron chi connectivity index (χ1n) is 6.63. The van der Waals surface area contributed by atoms with Crippen LogP contribution in [0.25, 0.3) is 0 Å². The van der Waals surface area contributed by atoms with E-state index in [1.54, 1.807) is 25.3 Å². The minimum atomic E-state index is -0.397. The molecule has 0 aliphatic rings. The lowest BCUT2D eigenvalue weighted by Gasteiger charge is -2.10. The van der Waals surface area contributed by atoms with E-state index in [1.807, 2.05) is 0 Å². The fourth-order valence-electron chi connectivity index (χ4n) is 1.50. The summed E-state index contributed by atoms with van der Waals surface area (Å²) in [6.07, 6.45) is 2.46. The molecule has 0 fully saturated rings. The van der Waals surface area contributed by atoms with E-state index in [4.69, 9.17) is 9.47 Å². The Hall–Kier alpha value is -1.62. The zero-order valence-corrected chi connectivity index (χ0v) is 11.8. The molecule has 0 unspecified atom stereocenters. The molecule has 0 radical (unpaired) electrons. The molecule has 1 aromatic rings. The van der Waals surface area contributed by atoms with Crippen LogP contribution in [-0.2, 0) is 4.74 Å². The van der Waals surface area contributed by atoms with Crippen LogP contribution in [0.1, 0.15) is 37.6 Å². The van der Waals surface area contributed by atoms with Crippen LogP contribution in [0.15, 0.2) is 18.3 Å². The van der Waals surface area contributed by atoms with Gasteiger partial charge in [-0.1, -0.05) is 13.8 Å². The van der Waals surface area contributed by atoms with Crippen LogP contribution in [0, 0.1) is 0 Å². The highest BCUT2D eigenvalue weighted by molar-refractivity contribution is 5.91. The number of nitrogens with zero attached hydrogens (tertiary/aromatic N) is 1. The Morgan fingerprint density at radius 1 is 1.47 bits per heavy atom. The molecular weight excluding hydrogens is 244 g/mol. The zero-order chi connectivity index (χ0) is 14.1. The number of hydrogen-bond donors (Lipinski definition) is 1. The highest BCUT2D eigenvalue weighted by Gasteiger charge is 2.14. The molecule has 5 nitrogen and oxygen atoms in total. The summed E-state index contributed by atoms with van der Waals surface area (Å²) in [6.45, 7) is 7.69. The van der Waals surface area contributed by atoms with Gasteiger partial charge in [-0.05, 0) is 32.0 Å². The van der Waals surface area contributed by atoms with E-state index in [1.165, 1.54) is 0 Å². The molecule has 19 heavy (non-hydrogen) atoms. The highest BCUT2D eigenvalue weighted by Crippen LogP contribution is 2.15. The average Bonchev–Trinajstić information content (AvgIpc) is 2.38. The summed E-state index contributed by atoms with van der Waals surface area (Å²) in [5.74, 6) is -0.0589. The smallest absolute Gasteiger partial charge is 0.343 e. The van der Waals surface area contributed by atoms with E-state index in [9.17, 15) is 4.79 Å². The predicted molar refractivity (Wildman–Crippen MR) is 73.4 cm³/mol. The molecule has 0 aliphatic heterocycles. The molecule has 0 saturated heterocycles. The summed E-state index contributed by atoms with van der Waals surface area (Å²) in [5.41, 5.74) is 0.376. The van der Waals surface area contributed by atoms with Crippen molar-refractivity contribution in [2.75, 3.05) is 19.8 Å². The van der Waals surface area contributed by atoms with E-state index in [0.29, 0.717) is 30.7 Å². The molecule has 1 aromatic heterocycles. The third kappa shape index (κ3) is 5.70. The maximum atomic E-state index is 11.7. The van der Waals surface area contributed by atoms with Gasteiger partial charge >= 0.3 is 5.97 Å². The molecule has 0 saturated carbocycles. The molecule has 1 heterocycles. The van der Waals surface area contributed by atoms with Crippen molar-refractivity contribution >= 4 is 5.97 Å². The Balaban J connectivity index is 2.47. The molecule has 0 atom stereocenters. The molecule has 5 heteroatoms. The molecule has 0 aromatic carbocycles. The van der Waals surface area contributed by atoms with E-state index in [2.05, 4.69) is 24.1 Å². The van der Waals surface area contributed by atoms with Crippen LogP contribution >= 0.6 is 0 Å². The van der Waals surface area contributed by atoms with Gasteiger partial charge in [0.25, 0.3) is 0 Å². The van der Waals surface area contributed by atoms with Gasteiger partial charge in [-0.3, -0.25) is 0 Å². The fraction of sp³-hybridized carbons (Fsp3) is 0.571. The van der Waals surface area contributed by atoms with Crippen molar-refractivity contribution in [3.63, 3.8) is 0 Å². The number of nitrogens with one attached hydrogen (secondary N) is 1. The molecule has 0 aliphatic carbocycles. The van der Waals surface area contributed by atoms with Gasteiger partial charge in [0, 0.05) is 12.2 Å². The lowest BCUT2D eigenvalue weighted by Crippen LogP contribution is -2.25. The average molecular weight is 266 g/mol. The third-order valence-corrected chi connectivity index (χ3v) is 2.38. The van der Waals surface area contributed by atoms with Crippen molar-refractivity contribution in [3.05, 3.63) is 23.9 Å². The van der Waals surface area contributed by atoms with Crippen LogP contribution in [0.3, 0.4) is 0 Å². The van der Waals surface area contributed by atoms with Crippen LogP contribution in [0.4, 0.5) is 0 Å². The van der Waals surface area contributed by atoms with Crippen LogP contribution < -0.4 is 10.1 Å². The van der Waals surface area contributed by atoms with Crippen LogP contribution in [-0.4, -0.2) is 36.8 Å². The van der Waals surface area contributed by atoms with E-state index in [-0.39, 0.29) is 0 Å². The van der Waals surface area contributed by atoms with Crippen molar-refractivity contribution in [2.24, 2.45) is 0 Å². The number of esters is 1. The summed E-state index contributed by atoms with van der Waals surface area (Å²) in [7, 11) is 0. The second-order valence-corrected chi connectivity index (χ2v) is 4.39. The monoisotopic (exact) mass is 266 g/mol. The van der Waals surface area contributed by atoms with Crippen molar-refractivity contribution in [3.8, 4) is 5.88 Å². The summed E-state index contributed by atoms with van der Waals surface area (Å²) in [5, 5.41) is 3.30. The lowest BCUT2D eigenvalue weighted by molar-refractivity contribution is 0.0520. The second kappa shape index (κ2) is 8.48. The first-order valence-corrected chi connectivity index (χ1v) is 6.63. The van der Waals surface area contributed by atoms with Gasteiger partial charge in [-0.2, -0.15) is 0 Å². The number of hydrogen-bond acceptors (Lipinski definition) is 5. The summed E-state index contributed by atoms with van der Waals surface area (Å²) in [6, 6.07) is 3.82. The Morgan fingerprint density at radius 3 is 2.95 bits per heavy atom. The maximum Gasteiger partial charge on any atom is 0.343 e. The van der Waals surface area contributed by atoms with Crippen molar-refractivity contribution in [2.45, 2.75) is 33.2 Å². The van der Waals surface area contributed by atoms with E-state index < -0.39 is 5.97 Å². The largest absolute Gasteiger partial charge is 0.477 e. The zero-order valence-electron chi connectivity index (χ0n) is 11.8. The normalized spacial score (nSPS) is 10.5. The van der Waals surface area contributed by atoms with Crippen molar-refractivity contribution in [1.29, 1.82) is 0 Å². The van der Waals surface area contributed by atoms with Gasteiger partial charge in [0.2, 0.25) is 5.88 Å². The minimum Gasteiger partial charge on any atom is -0.477 e. The summed E-state index contributed by atoms with van der Waals surface area (Å²) in [4.78, 5) is 15.8. The van der Waals surface area contributed by atoms with Gasteiger partial charge in [0.1, 0.15) is 5.56 Å². The number of ether oxygens (including phenoxy) is 2. The topological polar surface area (TPSA) is 60.5 Å². The number of rotatable bonds is 8. The van der Waals surface area contributed by atoms with Gasteiger partial charge in [-0.25, -0.2) is 9.78 Å². The molecule has 0 bridgehead atoms. The molecule has 1 rings (SSSR count). The maximum absolute atomic E-state index is 11.7. The molecule has 0 amide bonds. The minimum absolute atomic E-state index is 0.338. The second-order valence-electron chi connectivity index (χ2n) is 4.39. The summed E-state index contributed by atoms with van der Waals surface area (Å²) >= 11 is 0. The van der Waals surface area contributed by atoms with Gasteiger partial charge in [0.05, 0.1) is 13.2 Å². The molecular formula is C14H22N2O3. The predicted octanol–water partition coefficient (Wildman–Crippen LogP) is 2.03. The van der Waals surface area contributed by atoms with E-state index in [0.717, 1.165) is 13.0 Å². The first kappa shape index (κ1) is 15.4. The molecule has 106 valence electrons.